The van der Waals surface area contributed by atoms with E-state index in [0.717, 1.165) is 17.4 Å². The Bertz CT molecular complexity index is 1620. The van der Waals surface area contributed by atoms with Gasteiger partial charge in [0.25, 0.3) is 11.8 Å². The van der Waals surface area contributed by atoms with Gasteiger partial charge in [-0.05, 0) is 55.8 Å². The second-order valence-corrected chi connectivity index (χ2v) is 11.1. The van der Waals surface area contributed by atoms with E-state index >= 15 is 0 Å². The van der Waals surface area contributed by atoms with Crippen molar-refractivity contribution in [2.75, 3.05) is 16.4 Å². The molecule has 10 heteroatoms. The molecule has 0 aliphatic carbocycles. The van der Waals surface area contributed by atoms with Crippen molar-refractivity contribution >= 4 is 44.1 Å². The summed E-state index contributed by atoms with van der Waals surface area (Å²) in [4.78, 5) is 30.5. The standard InChI is InChI=1S/C29H26BrN5O3S/c1-20-15-25(35(2)33-20)29(38)32-24-8-5-7-21(17-24)11-12-22-16-23(19-31-18-22)28(37)34-39(14-6-13-30)27-10-4-3-9-26(27)36/h3-5,7-10,15-19,36H,6,13-14H2,1-2H3,(H,32,38). The van der Waals surface area contributed by atoms with E-state index in [1.165, 1.54) is 10.9 Å². The number of amides is 2. The van der Waals surface area contributed by atoms with E-state index in [0.29, 0.717) is 38.7 Å². The SMILES string of the molecule is Cc1cc(C(=O)Nc2cccc(C#Cc3cncc(C(=O)N=S(CCCBr)c4ccccc4O)c3)c2)n(C)n1. The maximum atomic E-state index is 13.0. The Balaban J connectivity index is 1.52. The average Bonchev–Trinajstić information content (AvgIpc) is 3.28. The summed E-state index contributed by atoms with van der Waals surface area (Å²) < 4.78 is 5.96. The molecule has 0 aliphatic heterocycles. The Kier molecular flexibility index (Phi) is 9.41. The van der Waals surface area contributed by atoms with Crippen molar-refractivity contribution in [3.05, 3.63) is 101 Å². The number of aryl methyl sites for hydroxylation is 2. The molecule has 198 valence electrons. The minimum absolute atomic E-state index is 0.124. The Hall–Kier alpha value is -4.07. The zero-order chi connectivity index (χ0) is 27.8. The molecule has 2 N–H and O–H groups in total. The van der Waals surface area contributed by atoms with E-state index in [2.05, 4.69) is 47.5 Å². The molecule has 1 atom stereocenters. The predicted octanol–water partition coefficient (Wildman–Crippen LogP) is 5.27. The number of rotatable bonds is 7. The maximum Gasteiger partial charge on any atom is 0.284 e. The van der Waals surface area contributed by atoms with Crippen molar-refractivity contribution < 1.29 is 14.7 Å². The highest BCUT2D eigenvalue weighted by Crippen LogP contribution is 2.23. The highest BCUT2D eigenvalue weighted by atomic mass is 79.9. The van der Waals surface area contributed by atoms with Gasteiger partial charge >= 0.3 is 0 Å². The normalized spacial score (nSPS) is 11.5. The number of phenolic OH excluding ortho intramolecular Hbond substituents is 1. The van der Waals surface area contributed by atoms with Gasteiger partial charge in [-0.2, -0.15) is 9.46 Å². The molecule has 8 nitrogen and oxygen atoms in total. The van der Waals surface area contributed by atoms with Crippen molar-refractivity contribution in [3.8, 4) is 17.6 Å². The van der Waals surface area contributed by atoms with Crippen LogP contribution in [-0.4, -0.2) is 42.8 Å². The summed E-state index contributed by atoms with van der Waals surface area (Å²) in [7, 11) is 0.922. The van der Waals surface area contributed by atoms with Gasteiger partial charge in [0, 0.05) is 47.3 Å². The first-order valence-electron chi connectivity index (χ1n) is 12.0. The first kappa shape index (κ1) is 28.0. The summed E-state index contributed by atoms with van der Waals surface area (Å²) in [5, 5.41) is 18.1. The fourth-order valence-electron chi connectivity index (χ4n) is 3.67. The lowest BCUT2D eigenvalue weighted by molar-refractivity contribution is 0.1000. The molecule has 0 bridgehead atoms. The van der Waals surface area contributed by atoms with Crippen LogP contribution in [0.25, 0.3) is 0 Å². The number of para-hydroxylation sites is 1. The van der Waals surface area contributed by atoms with Crippen molar-refractivity contribution in [2.45, 2.75) is 18.2 Å². The highest BCUT2D eigenvalue weighted by molar-refractivity contribution is 9.09. The molecule has 2 heterocycles. The number of hydrogen-bond acceptors (Lipinski definition) is 5. The number of nitrogens with one attached hydrogen (secondary N) is 1. The van der Waals surface area contributed by atoms with E-state index in [1.54, 1.807) is 61.8 Å². The Labute approximate surface area is 237 Å². The van der Waals surface area contributed by atoms with Gasteiger partial charge in [0.15, 0.2) is 0 Å². The van der Waals surface area contributed by atoms with Crippen LogP contribution in [0, 0.1) is 18.8 Å². The number of carbonyl (C=O) groups is 2. The lowest BCUT2D eigenvalue weighted by Crippen LogP contribution is -2.16. The lowest BCUT2D eigenvalue weighted by atomic mass is 10.1. The second kappa shape index (κ2) is 13.1. The molecule has 0 saturated carbocycles. The third kappa shape index (κ3) is 7.50. The number of anilines is 1. The molecule has 0 saturated heterocycles. The molecule has 2 aromatic carbocycles. The van der Waals surface area contributed by atoms with E-state index in [4.69, 9.17) is 0 Å². The van der Waals surface area contributed by atoms with Crippen molar-refractivity contribution in [1.29, 1.82) is 0 Å². The summed E-state index contributed by atoms with van der Waals surface area (Å²) in [6.45, 7) is 1.83. The third-order valence-corrected chi connectivity index (χ3v) is 7.95. The van der Waals surface area contributed by atoms with Gasteiger partial charge in [-0.3, -0.25) is 19.3 Å². The van der Waals surface area contributed by atoms with Crippen molar-refractivity contribution in [2.24, 2.45) is 11.4 Å². The molecule has 0 fully saturated rings. The predicted molar refractivity (Wildman–Crippen MR) is 156 cm³/mol. The molecular weight excluding hydrogens is 578 g/mol. The number of halogens is 1. The van der Waals surface area contributed by atoms with Crippen molar-refractivity contribution in [1.82, 2.24) is 14.8 Å². The molecule has 2 amide bonds. The molecule has 0 aliphatic rings. The zero-order valence-corrected chi connectivity index (χ0v) is 23.8. The summed E-state index contributed by atoms with van der Waals surface area (Å²) in [5.41, 5.74) is 3.38. The monoisotopic (exact) mass is 603 g/mol. The van der Waals surface area contributed by atoms with Gasteiger partial charge in [0.05, 0.1) is 16.2 Å². The van der Waals surface area contributed by atoms with Crippen LogP contribution < -0.4 is 5.32 Å². The van der Waals surface area contributed by atoms with Gasteiger partial charge < -0.3 is 10.4 Å². The number of aromatic nitrogens is 3. The van der Waals surface area contributed by atoms with Crippen LogP contribution >= 0.6 is 15.9 Å². The first-order valence-corrected chi connectivity index (χ1v) is 14.5. The molecule has 0 radical (unpaired) electrons. The largest absolute Gasteiger partial charge is 0.507 e. The summed E-state index contributed by atoms with van der Waals surface area (Å²) >= 11 is 3.42. The molecule has 39 heavy (non-hydrogen) atoms. The number of pyridine rings is 1. The first-order chi connectivity index (χ1) is 18.8. The molecule has 0 spiro atoms. The third-order valence-electron chi connectivity index (χ3n) is 5.47. The number of phenols is 1. The minimum atomic E-state index is -0.800. The Morgan fingerprint density at radius 3 is 2.62 bits per heavy atom. The highest BCUT2D eigenvalue weighted by Gasteiger charge is 2.13. The molecule has 2 aromatic heterocycles. The van der Waals surface area contributed by atoms with Crippen LogP contribution in [0.15, 0.2) is 82.3 Å². The van der Waals surface area contributed by atoms with E-state index in [9.17, 15) is 14.7 Å². The quantitative estimate of drug-likeness (QED) is 0.221. The van der Waals surface area contributed by atoms with Gasteiger partial charge in [-0.1, -0.05) is 56.7 Å². The Morgan fingerprint density at radius 2 is 1.87 bits per heavy atom. The molecule has 4 aromatic rings. The van der Waals surface area contributed by atoms with Gasteiger partial charge in [-0.15, -0.1) is 0 Å². The minimum Gasteiger partial charge on any atom is -0.507 e. The van der Waals surface area contributed by atoms with Crippen LogP contribution in [0.3, 0.4) is 0 Å². The van der Waals surface area contributed by atoms with Gasteiger partial charge in [0.1, 0.15) is 11.4 Å². The summed E-state index contributed by atoms with van der Waals surface area (Å²) in [5.74, 6) is 6.17. The molecule has 4 rings (SSSR count). The maximum absolute atomic E-state index is 13.0. The topological polar surface area (TPSA) is 109 Å². The number of alkyl halides is 1. The second-order valence-electron chi connectivity index (χ2n) is 8.52. The summed E-state index contributed by atoms with van der Waals surface area (Å²) in [6.07, 6.45) is 3.84. The van der Waals surface area contributed by atoms with E-state index in [-0.39, 0.29) is 11.7 Å². The fraction of sp³-hybridized carbons (Fsp3) is 0.172. The van der Waals surface area contributed by atoms with Crippen molar-refractivity contribution in [3.63, 3.8) is 0 Å². The number of hydrogen-bond donors (Lipinski definition) is 2. The number of aromatic hydroxyl groups is 1. The van der Waals surface area contributed by atoms with E-state index in [1.807, 2.05) is 19.1 Å². The fourth-order valence-corrected chi connectivity index (χ4v) is 6.00. The summed E-state index contributed by atoms with van der Waals surface area (Å²) in [6, 6.07) is 17.5. The van der Waals surface area contributed by atoms with Gasteiger partial charge in [-0.25, -0.2) is 0 Å². The number of nitrogens with zero attached hydrogens (tertiary/aromatic N) is 4. The van der Waals surface area contributed by atoms with Crippen LogP contribution in [0.4, 0.5) is 5.69 Å². The molecule has 1 unspecified atom stereocenters. The van der Waals surface area contributed by atoms with Crippen LogP contribution in [0.5, 0.6) is 5.75 Å². The average molecular weight is 605 g/mol. The molecular formula is C29H26BrN5O3S. The zero-order valence-electron chi connectivity index (χ0n) is 21.4. The van der Waals surface area contributed by atoms with Crippen LogP contribution in [0.1, 0.15) is 44.1 Å². The van der Waals surface area contributed by atoms with Crippen LogP contribution in [0.2, 0.25) is 0 Å². The number of carbonyl (C=O) groups excluding carboxylic acids is 2. The smallest absolute Gasteiger partial charge is 0.284 e. The van der Waals surface area contributed by atoms with E-state index < -0.39 is 16.6 Å². The lowest BCUT2D eigenvalue weighted by Gasteiger charge is -2.09. The number of benzene rings is 2. The Morgan fingerprint density at radius 1 is 1.08 bits per heavy atom. The van der Waals surface area contributed by atoms with Gasteiger partial charge in [0.2, 0.25) is 0 Å². The van der Waals surface area contributed by atoms with Crippen LogP contribution in [-0.2, 0) is 17.7 Å².